The second-order valence-electron chi connectivity index (χ2n) is 5.78. The summed E-state index contributed by atoms with van der Waals surface area (Å²) in [6.45, 7) is 3.84. The number of aliphatic hydroxyl groups is 1. The Labute approximate surface area is 107 Å². The smallest absolute Gasteiger partial charge is 0.126 e. The molecule has 3 heteroatoms. The Morgan fingerprint density at radius 2 is 2.22 bits per heavy atom. The lowest BCUT2D eigenvalue weighted by Gasteiger charge is -2.41. The number of fused-ring (bicyclic) bond motifs is 1. The van der Waals surface area contributed by atoms with Gasteiger partial charge in [0, 0.05) is 12.6 Å². The fourth-order valence-electron chi connectivity index (χ4n) is 3.39. The number of benzene rings is 1. The summed E-state index contributed by atoms with van der Waals surface area (Å²) < 4.78 is 13.7. The van der Waals surface area contributed by atoms with Gasteiger partial charge >= 0.3 is 0 Å². The Morgan fingerprint density at radius 3 is 3.00 bits per heavy atom. The van der Waals surface area contributed by atoms with E-state index in [9.17, 15) is 9.50 Å². The van der Waals surface area contributed by atoms with Gasteiger partial charge in [-0.2, -0.15) is 0 Å². The van der Waals surface area contributed by atoms with Crippen molar-refractivity contribution in [3.05, 3.63) is 35.1 Å². The van der Waals surface area contributed by atoms with E-state index in [2.05, 4.69) is 4.90 Å². The van der Waals surface area contributed by atoms with Crippen LogP contribution in [0, 0.1) is 12.7 Å². The molecule has 1 aromatic carbocycles. The molecule has 98 valence electrons. The summed E-state index contributed by atoms with van der Waals surface area (Å²) in [5, 5.41) is 10.8. The zero-order valence-electron chi connectivity index (χ0n) is 10.8. The monoisotopic (exact) mass is 249 g/mol. The molecule has 0 amide bonds. The molecule has 0 radical (unpaired) electrons. The van der Waals surface area contributed by atoms with E-state index in [0.29, 0.717) is 18.0 Å². The molecule has 18 heavy (non-hydrogen) atoms. The molecule has 0 aliphatic carbocycles. The van der Waals surface area contributed by atoms with Gasteiger partial charge in [0.1, 0.15) is 5.82 Å². The Kier molecular flexibility index (Phi) is 2.91. The molecule has 0 spiro atoms. The van der Waals surface area contributed by atoms with Crippen LogP contribution >= 0.6 is 0 Å². The number of aryl methyl sites for hydroxylation is 1. The van der Waals surface area contributed by atoms with Crippen molar-refractivity contribution in [3.63, 3.8) is 0 Å². The van der Waals surface area contributed by atoms with Crippen LogP contribution in [0.15, 0.2) is 18.2 Å². The third-order valence-electron chi connectivity index (χ3n) is 4.59. The Morgan fingerprint density at radius 1 is 1.39 bits per heavy atom. The van der Waals surface area contributed by atoms with Crippen molar-refractivity contribution in [1.29, 1.82) is 0 Å². The van der Waals surface area contributed by atoms with E-state index in [1.807, 2.05) is 6.07 Å². The molecule has 0 bridgehead atoms. The van der Waals surface area contributed by atoms with Crippen molar-refractivity contribution < 1.29 is 9.50 Å². The lowest BCUT2D eigenvalue weighted by molar-refractivity contribution is -0.0410. The predicted molar refractivity (Wildman–Crippen MR) is 68.9 cm³/mol. The fraction of sp³-hybridized carbons (Fsp3) is 0.600. The standard InChI is InChI=1S/C15H20FNO/c1-11-4-5-12(9-14(11)16)15(18)6-8-17-7-2-3-13(17)10-15/h4-5,9,13,18H,2-3,6-8,10H2,1H3. The van der Waals surface area contributed by atoms with Gasteiger partial charge in [0.05, 0.1) is 5.60 Å². The molecule has 0 saturated carbocycles. The van der Waals surface area contributed by atoms with Gasteiger partial charge in [0.15, 0.2) is 0 Å². The highest BCUT2D eigenvalue weighted by atomic mass is 19.1. The molecule has 2 heterocycles. The number of piperidine rings is 1. The van der Waals surface area contributed by atoms with Gasteiger partial charge < -0.3 is 10.0 Å². The lowest BCUT2D eigenvalue weighted by Crippen LogP contribution is -2.46. The average molecular weight is 249 g/mol. The molecule has 1 N–H and O–H groups in total. The first-order valence-electron chi connectivity index (χ1n) is 6.81. The second kappa shape index (κ2) is 4.32. The lowest BCUT2D eigenvalue weighted by atomic mass is 9.81. The molecule has 2 unspecified atom stereocenters. The van der Waals surface area contributed by atoms with Crippen molar-refractivity contribution in [3.8, 4) is 0 Å². The summed E-state index contributed by atoms with van der Waals surface area (Å²) >= 11 is 0. The maximum Gasteiger partial charge on any atom is 0.126 e. The van der Waals surface area contributed by atoms with E-state index in [0.717, 1.165) is 31.5 Å². The molecule has 0 aromatic heterocycles. The van der Waals surface area contributed by atoms with Gasteiger partial charge in [-0.1, -0.05) is 12.1 Å². The Balaban J connectivity index is 1.87. The van der Waals surface area contributed by atoms with E-state index in [-0.39, 0.29) is 5.82 Å². The first-order valence-corrected chi connectivity index (χ1v) is 6.81. The fourth-order valence-corrected chi connectivity index (χ4v) is 3.39. The van der Waals surface area contributed by atoms with Crippen LogP contribution in [-0.2, 0) is 5.60 Å². The maximum absolute atomic E-state index is 13.7. The zero-order chi connectivity index (χ0) is 12.8. The molecular weight excluding hydrogens is 229 g/mol. The number of hydrogen-bond donors (Lipinski definition) is 1. The molecule has 3 rings (SSSR count). The van der Waals surface area contributed by atoms with E-state index in [4.69, 9.17) is 0 Å². The van der Waals surface area contributed by atoms with Crippen molar-refractivity contribution in [1.82, 2.24) is 4.90 Å². The van der Waals surface area contributed by atoms with Crippen LogP contribution in [0.3, 0.4) is 0 Å². The summed E-state index contributed by atoms with van der Waals surface area (Å²) in [6.07, 6.45) is 3.85. The Hall–Kier alpha value is -0.930. The first-order chi connectivity index (χ1) is 8.58. The average Bonchev–Trinajstić information content (AvgIpc) is 2.79. The molecule has 2 saturated heterocycles. The zero-order valence-corrected chi connectivity index (χ0v) is 10.8. The minimum Gasteiger partial charge on any atom is -0.385 e. The van der Waals surface area contributed by atoms with E-state index < -0.39 is 5.60 Å². The molecule has 2 nitrogen and oxygen atoms in total. The van der Waals surface area contributed by atoms with E-state index in [1.54, 1.807) is 13.0 Å². The maximum atomic E-state index is 13.7. The van der Waals surface area contributed by atoms with Crippen LogP contribution in [0.2, 0.25) is 0 Å². The third kappa shape index (κ3) is 1.95. The van der Waals surface area contributed by atoms with Crippen LogP contribution < -0.4 is 0 Å². The van der Waals surface area contributed by atoms with Crippen LogP contribution in [0.1, 0.15) is 36.8 Å². The van der Waals surface area contributed by atoms with Gasteiger partial charge in [-0.25, -0.2) is 4.39 Å². The van der Waals surface area contributed by atoms with Crippen LogP contribution in [0.5, 0.6) is 0 Å². The quantitative estimate of drug-likeness (QED) is 0.827. The summed E-state index contributed by atoms with van der Waals surface area (Å²) in [7, 11) is 0. The molecule has 2 atom stereocenters. The van der Waals surface area contributed by atoms with Gasteiger partial charge in [0.2, 0.25) is 0 Å². The number of halogens is 1. The summed E-state index contributed by atoms with van der Waals surface area (Å²) in [5.74, 6) is -0.213. The van der Waals surface area contributed by atoms with Crippen molar-refractivity contribution in [2.45, 2.75) is 44.2 Å². The number of rotatable bonds is 1. The van der Waals surface area contributed by atoms with E-state index in [1.165, 1.54) is 12.5 Å². The molecule has 2 aliphatic rings. The summed E-state index contributed by atoms with van der Waals surface area (Å²) in [5.41, 5.74) is 0.554. The van der Waals surface area contributed by atoms with Gasteiger partial charge in [-0.05, 0) is 56.3 Å². The summed E-state index contributed by atoms with van der Waals surface area (Å²) in [6, 6.07) is 5.64. The largest absolute Gasteiger partial charge is 0.385 e. The van der Waals surface area contributed by atoms with Gasteiger partial charge in [0.25, 0.3) is 0 Å². The first kappa shape index (κ1) is 12.1. The number of nitrogens with zero attached hydrogens (tertiary/aromatic N) is 1. The molecule has 2 aliphatic heterocycles. The van der Waals surface area contributed by atoms with Crippen molar-refractivity contribution >= 4 is 0 Å². The molecule has 2 fully saturated rings. The van der Waals surface area contributed by atoms with E-state index >= 15 is 0 Å². The normalized spacial score (nSPS) is 32.5. The third-order valence-corrected chi connectivity index (χ3v) is 4.59. The van der Waals surface area contributed by atoms with Crippen LogP contribution in [0.4, 0.5) is 4.39 Å². The SMILES string of the molecule is Cc1ccc(C2(O)CCN3CCCC3C2)cc1F. The highest BCUT2D eigenvalue weighted by Gasteiger charge is 2.41. The second-order valence-corrected chi connectivity index (χ2v) is 5.78. The van der Waals surface area contributed by atoms with Crippen molar-refractivity contribution in [2.24, 2.45) is 0 Å². The molecule has 1 aromatic rings. The van der Waals surface area contributed by atoms with Crippen LogP contribution in [-0.4, -0.2) is 29.1 Å². The predicted octanol–water partition coefficient (Wildman–Crippen LogP) is 2.58. The minimum atomic E-state index is -0.833. The minimum absolute atomic E-state index is 0.213. The Bertz CT molecular complexity index is 462. The summed E-state index contributed by atoms with van der Waals surface area (Å²) in [4.78, 5) is 2.46. The topological polar surface area (TPSA) is 23.5 Å². The van der Waals surface area contributed by atoms with Crippen molar-refractivity contribution in [2.75, 3.05) is 13.1 Å². The highest BCUT2D eigenvalue weighted by Crippen LogP contribution is 2.39. The number of hydrogen-bond acceptors (Lipinski definition) is 2. The van der Waals surface area contributed by atoms with Gasteiger partial charge in [-0.15, -0.1) is 0 Å². The van der Waals surface area contributed by atoms with Crippen LogP contribution in [0.25, 0.3) is 0 Å². The highest BCUT2D eigenvalue weighted by molar-refractivity contribution is 5.29. The molecular formula is C15H20FNO. The van der Waals surface area contributed by atoms with Gasteiger partial charge in [-0.3, -0.25) is 0 Å².